The lowest BCUT2D eigenvalue weighted by atomic mass is 10.1. The van der Waals surface area contributed by atoms with Crippen LogP contribution < -0.4 is 0 Å². The number of aliphatic hydroxyl groups excluding tert-OH is 1. The third-order valence-corrected chi connectivity index (χ3v) is 2.02. The Bertz CT molecular complexity index is 290. The molecule has 0 aliphatic heterocycles. The second-order valence-corrected chi connectivity index (χ2v) is 2.99. The highest BCUT2D eigenvalue weighted by Crippen LogP contribution is 2.24. The zero-order chi connectivity index (χ0) is 9.14. The minimum Gasteiger partial charge on any atom is -0.388 e. The van der Waals surface area contributed by atoms with Crippen molar-refractivity contribution < 1.29 is 9.90 Å². The highest BCUT2D eigenvalue weighted by Gasteiger charge is 2.12. The molecular weight excluding hydrogens is 199 g/mol. The molecule has 1 aromatic rings. The summed E-state index contributed by atoms with van der Waals surface area (Å²) in [6.07, 6.45) is 0. The molecule has 0 spiro atoms. The summed E-state index contributed by atoms with van der Waals surface area (Å²) in [5.74, 6) is -0.467. The quantitative estimate of drug-likeness (QED) is 0.751. The Morgan fingerprint density at radius 2 is 1.83 bits per heavy atom. The molecule has 0 amide bonds. The molecule has 12 heavy (non-hydrogen) atoms. The first-order valence-corrected chi connectivity index (χ1v) is 4.00. The molecule has 0 aliphatic carbocycles. The highest BCUT2D eigenvalue weighted by molar-refractivity contribution is 6.39. The van der Waals surface area contributed by atoms with E-state index >= 15 is 0 Å². The molecule has 1 aromatic carbocycles. The number of carbonyl (C=O) groups is 1. The monoisotopic (exact) mass is 204 g/mol. The molecule has 0 bridgehead atoms. The van der Waals surface area contributed by atoms with Gasteiger partial charge in [-0.15, -0.1) is 0 Å². The van der Waals surface area contributed by atoms with Crippen LogP contribution in [-0.4, -0.2) is 17.5 Å². The largest absolute Gasteiger partial charge is 0.388 e. The number of carbonyl (C=O) groups excluding carboxylic acids is 1. The van der Waals surface area contributed by atoms with Crippen molar-refractivity contribution in [3.8, 4) is 0 Å². The maximum atomic E-state index is 11.0. The van der Waals surface area contributed by atoms with E-state index in [4.69, 9.17) is 28.3 Å². The molecule has 0 aliphatic rings. The van der Waals surface area contributed by atoms with Crippen LogP contribution in [0.5, 0.6) is 0 Å². The molecule has 1 N–H and O–H groups in total. The van der Waals surface area contributed by atoms with Gasteiger partial charge in [-0.2, -0.15) is 0 Å². The molecule has 1 rings (SSSR count). The van der Waals surface area contributed by atoms with E-state index in [1.807, 2.05) is 0 Å². The lowest BCUT2D eigenvalue weighted by Gasteiger charge is -2.02. The van der Waals surface area contributed by atoms with E-state index in [1.165, 1.54) is 0 Å². The van der Waals surface area contributed by atoms with Crippen molar-refractivity contribution in [3.63, 3.8) is 0 Å². The molecule has 2 nitrogen and oxygen atoms in total. The molecule has 4 heteroatoms. The second kappa shape index (κ2) is 3.90. The number of rotatable bonds is 2. The number of aliphatic hydroxyl groups is 1. The third kappa shape index (κ3) is 1.78. The Morgan fingerprint density at radius 3 is 2.25 bits per heavy atom. The maximum absolute atomic E-state index is 11.0. The Kier molecular flexibility index (Phi) is 3.09. The van der Waals surface area contributed by atoms with E-state index in [0.717, 1.165) is 0 Å². The van der Waals surface area contributed by atoms with Crippen molar-refractivity contribution in [2.75, 3.05) is 6.61 Å². The molecule has 0 aromatic heterocycles. The number of hydrogen-bond acceptors (Lipinski definition) is 2. The van der Waals surface area contributed by atoms with E-state index in [9.17, 15) is 4.79 Å². The maximum Gasteiger partial charge on any atom is 0.191 e. The number of halogens is 2. The molecule has 0 heterocycles. The molecule has 0 saturated carbocycles. The van der Waals surface area contributed by atoms with E-state index < -0.39 is 12.4 Å². The minimum absolute atomic E-state index is 0.184. The van der Waals surface area contributed by atoms with Gasteiger partial charge in [0.05, 0.1) is 15.6 Å². The summed E-state index contributed by atoms with van der Waals surface area (Å²) in [5, 5.41) is 9.10. The molecular formula is C8H6Cl2O2. The molecule has 0 atom stereocenters. The van der Waals surface area contributed by atoms with Gasteiger partial charge in [0.25, 0.3) is 0 Å². The van der Waals surface area contributed by atoms with E-state index in [0.29, 0.717) is 0 Å². The lowest BCUT2D eigenvalue weighted by Crippen LogP contribution is -2.05. The van der Waals surface area contributed by atoms with Gasteiger partial charge in [0.2, 0.25) is 0 Å². The SMILES string of the molecule is O=C(CO)c1c(Cl)cccc1Cl. The van der Waals surface area contributed by atoms with Gasteiger partial charge in [-0.3, -0.25) is 4.79 Å². The average molecular weight is 205 g/mol. The standard InChI is InChI=1S/C8H6Cl2O2/c9-5-2-1-3-6(10)8(5)7(12)4-11/h1-3,11H,4H2. The van der Waals surface area contributed by atoms with Crippen LogP contribution in [0.4, 0.5) is 0 Å². The molecule has 0 fully saturated rings. The molecule has 0 radical (unpaired) electrons. The van der Waals surface area contributed by atoms with Gasteiger partial charge >= 0.3 is 0 Å². The average Bonchev–Trinajstić information content (AvgIpc) is 2.03. The summed E-state index contributed by atoms with van der Waals surface area (Å²) in [5.41, 5.74) is 0.184. The minimum atomic E-state index is -0.580. The van der Waals surface area contributed by atoms with Gasteiger partial charge in [-0.05, 0) is 12.1 Å². The van der Waals surface area contributed by atoms with Crippen LogP contribution in [-0.2, 0) is 0 Å². The van der Waals surface area contributed by atoms with Gasteiger partial charge in [0.1, 0.15) is 6.61 Å². The summed E-state index contributed by atoms with van der Waals surface area (Å²) in [7, 11) is 0. The predicted molar refractivity (Wildman–Crippen MR) is 47.9 cm³/mol. The number of ketones is 1. The van der Waals surface area contributed by atoms with E-state index in [1.54, 1.807) is 18.2 Å². The van der Waals surface area contributed by atoms with Gasteiger partial charge < -0.3 is 5.11 Å². The normalized spacial score (nSPS) is 9.92. The summed E-state index contributed by atoms with van der Waals surface area (Å²) in [6, 6.07) is 4.74. The first-order chi connectivity index (χ1) is 5.66. The number of benzene rings is 1. The topological polar surface area (TPSA) is 37.3 Å². The first kappa shape index (κ1) is 9.52. The summed E-state index contributed by atoms with van der Waals surface area (Å²) < 4.78 is 0. The van der Waals surface area contributed by atoms with Crippen LogP contribution >= 0.6 is 23.2 Å². The smallest absolute Gasteiger partial charge is 0.191 e. The van der Waals surface area contributed by atoms with E-state index in [2.05, 4.69) is 0 Å². The molecule has 64 valence electrons. The molecule has 0 unspecified atom stereocenters. The highest BCUT2D eigenvalue weighted by atomic mass is 35.5. The van der Waals surface area contributed by atoms with Crippen LogP contribution in [0.1, 0.15) is 10.4 Å². The Balaban J connectivity index is 3.21. The predicted octanol–water partition coefficient (Wildman–Crippen LogP) is 2.17. The van der Waals surface area contributed by atoms with Crippen molar-refractivity contribution in [3.05, 3.63) is 33.8 Å². The van der Waals surface area contributed by atoms with Crippen LogP contribution in [0.15, 0.2) is 18.2 Å². The molecule has 0 saturated heterocycles. The fourth-order valence-electron chi connectivity index (χ4n) is 0.843. The van der Waals surface area contributed by atoms with Crippen LogP contribution in [0.2, 0.25) is 10.0 Å². The zero-order valence-electron chi connectivity index (χ0n) is 6.05. The third-order valence-electron chi connectivity index (χ3n) is 1.39. The fraction of sp³-hybridized carbons (Fsp3) is 0.125. The number of hydrogen-bond donors (Lipinski definition) is 1. The van der Waals surface area contributed by atoms with Crippen molar-refractivity contribution in [2.45, 2.75) is 0 Å². The van der Waals surface area contributed by atoms with Gasteiger partial charge in [-0.25, -0.2) is 0 Å². The second-order valence-electron chi connectivity index (χ2n) is 2.18. The van der Waals surface area contributed by atoms with Gasteiger partial charge in [0.15, 0.2) is 5.78 Å². The Hall–Kier alpha value is -0.570. The first-order valence-electron chi connectivity index (χ1n) is 3.25. The van der Waals surface area contributed by atoms with Crippen molar-refractivity contribution in [1.82, 2.24) is 0 Å². The van der Waals surface area contributed by atoms with Crippen molar-refractivity contribution >= 4 is 29.0 Å². The van der Waals surface area contributed by atoms with Gasteiger partial charge in [-0.1, -0.05) is 29.3 Å². The van der Waals surface area contributed by atoms with Crippen LogP contribution in [0.3, 0.4) is 0 Å². The van der Waals surface area contributed by atoms with E-state index in [-0.39, 0.29) is 15.6 Å². The van der Waals surface area contributed by atoms with Crippen LogP contribution in [0, 0.1) is 0 Å². The van der Waals surface area contributed by atoms with Gasteiger partial charge in [0, 0.05) is 0 Å². The Morgan fingerprint density at radius 1 is 1.33 bits per heavy atom. The van der Waals surface area contributed by atoms with Crippen molar-refractivity contribution in [1.29, 1.82) is 0 Å². The summed E-state index contributed by atoms with van der Waals surface area (Å²) in [4.78, 5) is 11.0. The van der Waals surface area contributed by atoms with Crippen LogP contribution in [0.25, 0.3) is 0 Å². The fourth-order valence-corrected chi connectivity index (χ4v) is 1.45. The number of Topliss-reactive ketones (excluding diaryl/α,β-unsaturated/α-hetero) is 1. The summed E-state index contributed by atoms with van der Waals surface area (Å²) in [6.45, 7) is -0.580. The Labute approximate surface area is 79.7 Å². The van der Waals surface area contributed by atoms with Crippen molar-refractivity contribution in [2.24, 2.45) is 0 Å². The lowest BCUT2D eigenvalue weighted by molar-refractivity contribution is 0.0904. The summed E-state index contributed by atoms with van der Waals surface area (Å²) >= 11 is 11.4. The zero-order valence-corrected chi connectivity index (χ0v) is 7.56.